The number of nitrogens with one attached hydrogen (secondary N) is 1. The third-order valence-electron chi connectivity index (χ3n) is 6.10. The van der Waals surface area contributed by atoms with Gasteiger partial charge < -0.3 is 10.2 Å². The highest BCUT2D eigenvalue weighted by molar-refractivity contribution is 6.09. The number of hydrogen-bond acceptors (Lipinski definition) is 3. The number of benzene rings is 1. The van der Waals surface area contributed by atoms with Gasteiger partial charge in [-0.2, -0.15) is 0 Å². The SMILES string of the molecule is C=CCN(Cc1ccccc1F)C(=O)CN1C(=O)NC2(CCC(CC)CC2)C1=O. The van der Waals surface area contributed by atoms with Crippen LogP contribution in [-0.4, -0.2) is 46.3 Å². The molecule has 0 radical (unpaired) electrons. The first-order valence-electron chi connectivity index (χ1n) is 10.2. The minimum absolute atomic E-state index is 0.0461. The molecule has 1 saturated carbocycles. The first-order valence-corrected chi connectivity index (χ1v) is 10.2. The number of nitrogens with zero attached hydrogens (tertiary/aromatic N) is 2. The Bertz CT molecular complexity index is 802. The predicted molar refractivity (Wildman–Crippen MR) is 107 cm³/mol. The van der Waals surface area contributed by atoms with Crippen molar-refractivity contribution in [2.24, 2.45) is 5.92 Å². The second-order valence-electron chi connectivity index (χ2n) is 7.91. The molecule has 156 valence electrons. The van der Waals surface area contributed by atoms with E-state index < -0.39 is 23.3 Å². The van der Waals surface area contributed by atoms with Crippen LogP contribution >= 0.6 is 0 Å². The van der Waals surface area contributed by atoms with Crippen LogP contribution in [0.2, 0.25) is 0 Å². The molecule has 6 nitrogen and oxygen atoms in total. The molecule has 7 heteroatoms. The molecule has 29 heavy (non-hydrogen) atoms. The van der Waals surface area contributed by atoms with Crippen LogP contribution in [0.1, 0.15) is 44.6 Å². The molecule has 1 N–H and O–H groups in total. The lowest BCUT2D eigenvalue weighted by atomic mass is 9.75. The van der Waals surface area contributed by atoms with Crippen LogP contribution in [0.3, 0.4) is 0 Å². The minimum atomic E-state index is -0.877. The zero-order valence-electron chi connectivity index (χ0n) is 16.8. The molecular weight excluding hydrogens is 373 g/mol. The molecule has 4 amide bonds. The Morgan fingerprint density at radius 1 is 1.34 bits per heavy atom. The standard InChI is InChI=1S/C22H28FN3O3/c1-3-13-25(14-17-7-5-6-8-18(17)23)19(27)15-26-20(28)22(24-21(26)29)11-9-16(4-2)10-12-22/h3,5-8,16H,1,4,9-15H2,2H3,(H,24,29). The molecule has 1 heterocycles. The van der Waals surface area contributed by atoms with Crippen LogP contribution < -0.4 is 5.32 Å². The van der Waals surface area contributed by atoms with E-state index in [4.69, 9.17) is 0 Å². The number of halogens is 1. The van der Waals surface area contributed by atoms with Crippen molar-refractivity contribution in [3.05, 3.63) is 48.3 Å². The van der Waals surface area contributed by atoms with Crippen LogP contribution in [0, 0.1) is 11.7 Å². The van der Waals surface area contributed by atoms with E-state index in [1.165, 1.54) is 17.0 Å². The van der Waals surface area contributed by atoms with Crippen molar-refractivity contribution >= 4 is 17.8 Å². The lowest BCUT2D eigenvalue weighted by Gasteiger charge is -2.34. The number of amides is 4. The van der Waals surface area contributed by atoms with E-state index in [1.807, 2.05) is 0 Å². The van der Waals surface area contributed by atoms with Gasteiger partial charge in [-0.1, -0.05) is 37.6 Å². The normalized spacial score (nSPS) is 23.9. The Balaban J connectivity index is 1.69. The first kappa shape index (κ1) is 21.0. The van der Waals surface area contributed by atoms with Crippen molar-refractivity contribution in [3.63, 3.8) is 0 Å². The molecule has 1 aliphatic heterocycles. The van der Waals surface area contributed by atoms with Gasteiger partial charge in [0.15, 0.2) is 0 Å². The maximum absolute atomic E-state index is 14.0. The van der Waals surface area contributed by atoms with Gasteiger partial charge in [0.25, 0.3) is 5.91 Å². The molecule has 1 aliphatic carbocycles. The van der Waals surface area contributed by atoms with Gasteiger partial charge in [0.1, 0.15) is 17.9 Å². The Morgan fingerprint density at radius 3 is 2.66 bits per heavy atom. The summed E-state index contributed by atoms with van der Waals surface area (Å²) in [6, 6.07) is 5.69. The molecule has 3 rings (SSSR count). The van der Waals surface area contributed by atoms with Gasteiger partial charge >= 0.3 is 6.03 Å². The highest BCUT2D eigenvalue weighted by atomic mass is 19.1. The van der Waals surface area contributed by atoms with Crippen LogP contribution in [0.25, 0.3) is 0 Å². The lowest BCUT2D eigenvalue weighted by Crippen LogP contribution is -2.50. The largest absolute Gasteiger partial charge is 0.333 e. The average Bonchev–Trinajstić information content (AvgIpc) is 2.94. The maximum atomic E-state index is 14.0. The summed E-state index contributed by atoms with van der Waals surface area (Å²) in [5.74, 6) is -0.577. The molecule has 0 unspecified atom stereocenters. The molecule has 0 atom stereocenters. The molecular formula is C22H28FN3O3. The number of urea groups is 1. The molecule has 0 bridgehead atoms. The highest BCUT2D eigenvalue weighted by Gasteiger charge is 2.52. The molecule has 1 saturated heterocycles. The zero-order chi connectivity index (χ0) is 21.0. The third kappa shape index (κ3) is 4.33. The smallest absolute Gasteiger partial charge is 0.325 e. The first-order chi connectivity index (χ1) is 13.9. The Morgan fingerprint density at radius 2 is 2.03 bits per heavy atom. The summed E-state index contributed by atoms with van der Waals surface area (Å²) in [5.41, 5.74) is -0.507. The van der Waals surface area contributed by atoms with Crippen LogP contribution in [-0.2, 0) is 16.1 Å². The molecule has 1 spiro atoms. The van der Waals surface area contributed by atoms with Gasteiger partial charge in [-0.25, -0.2) is 9.18 Å². The topological polar surface area (TPSA) is 69.7 Å². The Hall–Kier alpha value is -2.70. The van der Waals surface area contributed by atoms with Crippen LogP contribution in [0.15, 0.2) is 36.9 Å². The quantitative estimate of drug-likeness (QED) is 0.563. The summed E-state index contributed by atoms with van der Waals surface area (Å²) >= 11 is 0. The number of imide groups is 1. The number of hydrogen-bond donors (Lipinski definition) is 1. The minimum Gasteiger partial charge on any atom is -0.333 e. The monoisotopic (exact) mass is 401 g/mol. The third-order valence-corrected chi connectivity index (χ3v) is 6.10. The number of carbonyl (C=O) groups excluding carboxylic acids is 3. The number of rotatable bonds is 7. The summed E-state index contributed by atoms with van der Waals surface area (Å²) in [4.78, 5) is 40.7. The highest BCUT2D eigenvalue weighted by Crippen LogP contribution is 2.37. The Labute approximate surface area is 170 Å². The van der Waals surface area contributed by atoms with Gasteiger partial charge in [-0.15, -0.1) is 6.58 Å². The summed E-state index contributed by atoms with van der Waals surface area (Å²) in [6.07, 6.45) is 5.59. The van der Waals surface area contributed by atoms with E-state index in [9.17, 15) is 18.8 Å². The van der Waals surface area contributed by atoms with E-state index in [0.29, 0.717) is 24.3 Å². The molecule has 1 aromatic carbocycles. The summed E-state index contributed by atoms with van der Waals surface area (Å²) in [7, 11) is 0. The molecule has 2 fully saturated rings. The van der Waals surface area contributed by atoms with Crippen molar-refractivity contribution in [1.82, 2.24) is 15.1 Å². The van der Waals surface area contributed by atoms with Gasteiger partial charge in [0.05, 0.1) is 0 Å². The van der Waals surface area contributed by atoms with Crippen molar-refractivity contribution in [2.45, 2.75) is 51.1 Å². The van der Waals surface area contributed by atoms with E-state index in [0.717, 1.165) is 24.2 Å². The summed E-state index contributed by atoms with van der Waals surface area (Å²) in [5, 5.41) is 2.84. The van der Waals surface area contributed by atoms with E-state index in [2.05, 4.69) is 18.8 Å². The lowest BCUT2D eigenvalue weighted by molar-refractivity contribution is -0.139. The fraction of sp³-hybridized carbons (Fsp3) is 0.500. The molecule has 0 aromatic heterocycles. The summed E-state index contributed by atoms with van der Waals surface area (Å²) < 4.78 is 14.0. The van der Waals surface area contributed by atoms with E-state index in [-0.39, 0.29) is 25.5 Å². The van der Waals surface area contributed by atoms with Crippen molar-refractivity contribution in [3.8, 4) is 0 Å². The van der Waals surface area contributed by atoms with Gasteiger partial charge in [-0.05, 0) is 37.7 Å². The zero-order valence-corrected chi connectivity index (χ0v) is 16.8. The molecule has 1 aromatic rings. The van der Waals surface area contributed by atoms with Crippen molar-refractivity contribution < 1.29 is 18.8 Å². The second kappa shape index (κ2) is 8.76. The van der Waals surface area contributed by atoms with Crippen LogP contribution in [0.5, 0.6) is 0 Å². The average molecular weight is 401 g/mol. The van der Waals surface area contributed by atoms with Crippen LogP contribution in [0.4, 0.5) is 9.18 Å². The number of carbonyl (C=O) groups is 3. The van der Waals surface area contributed by atoms with Gasteiger partial charge in [0.2, 0.25) is 5.91 Å². The Kier molecular flexibility index (Phi) is 6.35. The fourth-order valence-corrected chi connectivity index (χ4v) is 4.22. The van der Waals surface area contributed by atoms with Crippen molar-refractivity contribution in [2.75, 3.05) is 13.1 Å². The molecule has 2 aliphatic rings. The second-order valence-corrected chi connectivity index (χ2v) is 7.91. The maximum Gasteiger partial charge on any atom is 0.325 e. The summed E-state index contributed by atoms with van der Waals surface area (Å²) in [6.45, 7) is 5.66. The van der Waals surface area contributed by atoms with E-state index >= 15 is 0 Å². The van der Waals surface area contributed by atoms with E-state index in [1.54, 1.807) is 18.2 Å². The van der Waals surface area contributed by atoms with Crippen molar-refractivity contribution in [1.29, 1.82) is 0 Å². The van der Waals surface area contributed by atoms with Gasteiger partial charge in [-0.3, -0.25) is 14.5 Å². The fourth-order valence-electron chi connectivity index (χ4n) is 4.22. The predicted octanol–water partition coefficient (Wildman–Crippen LogP) is 3.23. The van der Waals surface area contributed by atoms with Gasteiger partial charge in [0, 0.05) is 18.7 Å².